The lowest BCUT2D eigenvalue weighted by Gasteiger charge is -2.34. The molecular formula is C51H66O3. The number of aryl methyl sites for hydroxylation is 4. The summed E-state index contributed by atoms with van der Waals surface area (Å²) in [6.45, 7) is 23.4. The van der Waals surface area contributed by atoms with Crippen molar-refractivity contribution < 1.29 is 15.3 Å². The zero-order chi connectivity index (χ0) is 40.3. The summed E-state index contributed by atoms with van der Waals surface area (Å²) in [6.07, 6.45) is 13.4. The van der Waals surface area contributed by atoms with E-state index >= 15 is 0 Å². The maximum atomic E-state index is 10.7. The molecular weight excluding hydrogens is 661 g/mol. The molecule has 4 aromatic rings. The van der Waals surface area contributed by atoms with E-state index in [1.807, 2.05) is 26.0 Å². The molecule has 4 aromatic carbocycles. The number of phenols is 2. The molecule has 0 aliphatic carbocycles. The predicted octanol–water partition coefficient (Wildman–Crippen LogP) is 12.5. The first-order chi connectivity index (χ1) is 25.6. The lowest BCUT2D eigenvalue weighted by Crippen LogP contribution is -2.28. The minimum absolute atomic E-state index is 0.0453. The number of terminal acetylenes is 1. The minimum atomic E-state index is -0.635. The monoisotopic (exact) mass is 727 g/mol. The number of hydrogen-bond donors (Lipinski definition) is 3. The van der Waals surface area contributed by atoms with Crippen molar-refractivity contribution in [3.63, 3.8) is 0 Å². The summed E-state index contributed by atoms with van der Waals surface area (Å²) < 4.78 is 0. The van der Waals surface area contributed by atoms with Crippen molar-refractivity contribution in [2.75, 3.05) is 0 Å². The summed E-state index contributed by atoms with van der Waals surface area (Å²) in [5.41, 5.74) is 10.7. The van der Waals surface area contributed by atoms with E-state index in [1.165, 1.54) is 35.1 Å². The smallest absolute Gasteiger partial charge is 0.120 e. The van der Waals surface area contributed by atoms with E-state index < -0.39 is 6.10 Å². The molecule has 0 radical (unpaired) electrons. The van der Waals surface area contributed by atoms with Gasteiger partial charge < -0.3 is 15.3 Å². The predicted molar refractivity (Wildman–Crippen MR) is 230 cm³/mol. The highest BCUT2D eigenvalue weighted by Gasteiger charge is 2.33. The lowest BCUT2D eigenvalue weighted by molar-refractivity contribution is 0.0890. The minimum Gasteiger partial charge on any atom is -0.508 e. The average Bonchev–Trinajstić information content (AvgIpc) is 3.15. The van der Waals surface area contributed by atoms with Crippen molar-refractivity contribution in [3.8, 4) is 35.7 Å². The molecule has 0 saturated heterocycles. The van der Waals surface area contributed by atoms with Crippen LogP contribution in [0.1, 0.15) is 155 Å². The third kappa shape index (κ3) is 9.80. The van der Waals surface area contributed by atoms with Gasteiger partial charge >= 0.3 is 0 Å². The number of unbranched alkanes of at least 4 members (excludes halogenated alkanes) is 2. The molecule has 0 amide bonds. The van der Waals surface area contributed by atoms with Gasteiger partial charge in [0.15, 0.2) is 0 Å². The SMILES string of the molecule is C#Cc1ccc(C(CC)(CC)c2ccc(O)c(C)c2)cc1C.CCCCCC(C)(C)C(O)C#Cc1ccc(C(CC)(CC)c2ccc(O)c(C)c2)cc1C. The molecule has 288 valence electrons. The molecule has 3 nitrogen and oxygen atoms in total. The maximum absolute atomic E-state index is 10.7. The fraction of sp³-hybridized carbons (Fsp3) is 0.451. The van der Waals surface area contributed by atoms with Crippen molar-refractivity contribution >= 4 is 0 Å². The number of aromatic hydroxyl groups is 2. The van der Waals surface area contributed by atoms with Gasteiger partial charge in [0.25, 0.3) is 0 Å². The van der Waals surface area contributed by atoms with Gasteiger partial charge in [0.2, 0.25) is 0 Å². The van der Waals surface area contributed by atoms with Crippen molar-refractivity contribution in [1.82, 2.24) is 0 Å². The van der Waals surface area contributed by atoms with Crippen LogP contribution in [-0.2, 0) is 10.8 Å². The third-order valence-corrected chi connectivity index (χ3v) is 12.1. The van der Waals surface area contributed by atoms with Gasteiger partial charge in [-0.05, 0) is 129 Å². The standard InChI is InChI=1S/C30H42O2.C21H24O/c1-8-11-12-19-29(6,7)28(32)18-14-24-13-15-25(20-22(24)4)30(9-2,10-3)26-16-17-27(31)23(5)21-26;1-6-17-9-10-18(13-15(17)4)21(7-2,8-3)19-11-12-20(22)16(5)14-19/h13,15-17,20-21,28,31-32H,8-12,19H2,1-7H3;1,9-14,22H,7-8H2,2-5H3. The summed E-state index contributed by atoms with van der Waals surface area (Å²) in [4.78, 5) is 0. The van der Waals surface area contributed by atoms with Crippen molar-refractivity contribution in [2.24, 2.45) is 5.41 Å². The quantitative estimate of drug-likeness (QED) is 0.0949. The van der Waals surface area contributed by atoms with Crippen LogP contribution in [-0.4, -0.2) is 21.4 Å². The summed E-state index contributed by atoms with van der Waals surface area (Å²) in [6, 6.07) is 24.9. The number of phenolic OH excluding ortho intramolecular Hbond substituents is 2. The fourth-order valence-electron chi connectivity index (χ4n) is 7.91. The second-order valence-corrected chi connectivity index (χ2v) is 15.9. The maximum Gasteiger partial charge on any atom is 0.120 e. The molecule has 0 saturated carbocycles. The Balaban J connectivity index is 0.000000311. The summed E-state index contributed by atoms with van der Waals surface area (Å²) in [5.74, 6) is 9.79. The average molecular weight is 727 g/mol. The normalized spacial score (nSPS) is 12.2. The highest BCUT2D eigenvalue weighted by Crippen LogP contribution is 2.42. The number of hydrogen-bond acceptors (Lipinski definition) is 3. The Bertz CT molecular complexity index is 1950. The van der Waals surface area contributed by atoms with E-state index in [2.05, 4.69) is 129 Å². The Kier molecular flexibility index (Phi) is 15.7. The van der Waals surface area contributed by atoms with E-state index in [1.54, 1.807) is 12.1 Å². The van der Waals surface area contributed by atoms with Gasteiger partial charge in [-0.25, -0.2) is 0 Å². The van der Waals surface area contributed by atoms with E-state index in [4.69, 9.17) is 6.42 Å². The van der Waals surface area contributed by atoms with Crippen LogP contribution < -0.4 is 0 Å². The number of aliphatic hydroxyl groups is 1. The molecule has 1 atom stereocenters. The van der Waals surface area contributed by atoms with Gasteiger partial charge in [0, 0.05) is 27.4 Å². The molecule has 3 heteroatoms. The molecule has 54 heavy (non-hydrogen) atoms. The highest BCUT2D eigenvalue weighted by atomic mass is 16.3. The Labute approximate surface area is 328 Å². The van der Waals surface area contributed by atoms with Gasteiger partial charge in [-0.1, -0.05) is 134 Å². The largest absolute Gasteiger partial charge is 0.508 e. The zero-order valence-electron chi connectivity index (χ0n) is 35.1. The zero-order valence-corrected chi connectivity index (χ0v) is 35.1. The van der Waals surface area contributed by atoms with Crippen molar-refractivity contribution in [2.45, 2.75) is 144 Å². The van der Waals surface area contributed by atoms with E-state index in [0.29, 0.717) is 11.5 Å². The number of aliphatic hydroxyl groups excluding tert-OH is 1. The molecule has 3 N–H and O–H groups in total. The first-order valence-electron chi connectivity index (χ1n) is 20.1. The van der Waals surface area contributed by atoms with Crippen molar-refractivity contribution in [3.05, 3.63) is 128 Å². The van der Waals surface area contributed by atoms with Crippen LogP contribution in [0.25, 0.3) is 0 Å². The molecule has 0 aromatic heterocycles. The van der Waals surface area contributed by atoms with Crippen LogP contribution in [0.5, 0.6) is 11.5 Å². The van der Waals surface area contributed by atoms with Crippen LogP contribution in [0.4, 0.5) is 0 Å². The third-order valence-electron chi connectivity index (χ3n) is 12.1. The van der Waals surface area contributed by atoms with E-state index in [9.17, 15) is 15.3 Å². The summed E-state index contributed by atoms with van der Waals surface area (Å²) in [5, 5.41) is 30.5. The topological polar surface area (TPSA) is 60.7 Å². The Morgan fingerprint density at radius 1 is 0.574 bits per heavy atom. The lowest BCUT2D eigenvalue weighted by atomic mass is 9.70. The number of benzene rings is 4. The van der Waals surface area contributed by atoms with Gasteiger partial charge in [-0.15, -0.1) is 6.42 Å². The Hall–Kier alpha value is -4.44. The molecule has 0 bridgehead atoms. The molecule has 0 fully saturated rings. The molecule has 0 spiro atoms. The van der Waals surface area contributed by atoms with Crippen LogP contribution in [0, 0.1) is 57.3 Å². The van der Waals surface area contributed by atoms with Gasteiger partial charge in [-0.3, -0.25) is 0 Å². The number of rotatable bonds is 13. The molecule has 4 rings (SSSR count). The van der Waals surface area contributed by atoms with Gasteiger partial charge in [0.05, 0.1) is 0 Å². The van der Waals surface area contributed by atoms with Gasteiger partial charge in [-0.2, -0.15) is 0 Å². The molecule has 0 aliphatic heterocycles. The Morgan fingerprint density at radius 2 is 0.963 bits per heavy atom. The van der Waals surface area contributed by atoms with Crippen LogP contribution >= 0.6 is 0 Å². The van der Waals surface area contributed by atoms with Crippen LogP contribution in [0.15, 0.2) is 72.8 Å². The molecule has 1 unspecified atom stereocenters. The Morgan fingerprint density at radius 3 is 1.31 bits per heavy atom. The second-order valence-electron chi connectivity index (χ2n) is 15.9. The van der Waals surface area contributed by atoms with Crippen LogP contribution in [0.3, 0.4) is 0 Å². The second kappa shape index (κ2) is 19.2. The summed E-state index contributed by atoms with van der Waals surface area (Å²) >= 11 is 0. The van der Waals surface area contributed by atoms with E-state index in [-0.39, 0.29) is 16.2 Å². The first-order valence-corrected chi connectivity index (χ1v) is 20.1. The van der Waals surface area contributed by atoms with Crippen molar-refractivity contribution in [1.29, 1.82) is 0 Å². The molecule has 0 aliphatic rings. The fourth-order valence-corrected chi connectivity index (χ4v) is 7.91. The summed E-state index contributed by atoms with van der Waals surface area (Å²) in [7, 11) is 0. The first kappa shape index (κ1) is 44.0. The van der Waals surface area contributed by atoms with E-state index in [0.717, 1.165) is 71.9 Å². The molecule has 0 heterocycles. The van der Waals surface area contributed by atoms with Gasteiger partial charge in [0.1, 0.15) is 17.6 Å². The van der Waals surface area contributed by atoms with Crippen LogP contribution in [0.2, 0.25) is 0 Å². The highest BCUT2D eigenvalue weighted by molar-refractivity contribution is 5.51.